The van der Waals surface area contributed by atoms with Crippen molar-refractivity contribution in [2.24, 2.45) is 4.99 Å². The molecule has 4 nitrogen and oxygen atoms in total. The summed E-state index contributed by atoms with van der Waals surface area (Å²) in [5, 5.41) is 3.63. The van der Waals surface area contributed by atoms with Crippen LogP contribution in [0.2, 0.25) is 0 Å². The van der Waals surface area contributed by atoms with E-state index in [1.54, 1.807) is 7.11 Å². The monoisotopic (exact) mass is 473 g/mol. The summed E-state index contributed by atoms with van der Waals surface area (Å²) in [4.78, 5) is 10.3. The highest BCUT2D eigenvalue weighted by Crippen LogP contribution is 2.45. The molecule has 2 aliphatic heterocycles. The molecule has 4 rings (SSSR count). The number of fused-ring (bicyclic) bond motifs is 2. The zero-order valence-corrected chi connectivity index (χ0v) is 20.3. The van der Waals surface area contributed by atoms with Crippen LogP contribution < -0.4 is 5.32 Å². The minimum atomic E-state index is 0. The van der Waals surface area contributed by atoms with Crippen LogP contribution in [0.5, 0.6) is 0 Å². The lowest BCUT2D eigenvalue weighted by Crippen LogP contribution is -2.53. The highest BCUT2D eigenvalue weighted by molar-refractivity contribution is 8.01. The average Bonchev–Trinajstić information content (AvgIpc) is 3.03. The normalized spacial score (nSPS) is 18.1. The summed E-state index contributed by atoms with van der Waals surface area (Å²) in [6.07, 6.45) is 1.03. The number of nitrogens with one attached hydrogen (secondary N) is 1. The maximum absolute atomic E-state index is 5.29. The van der Waals surface area contributed by atoms with E-state index in [0.29, 0.717) is 12.0 Å². The number of ether oxygens (including phenoxy) is 1. The van der Waals surface area contributed by atoms with Gasteiger partial charge in [0.05, 0.1) is 9.90 Å². The summed E-state index contributed by atoms with van der Waals surface area (Å²) < 4.78 is 6.66. The Labute approximate surface area is 194 Å². The third-order valence-electron chi connectivity index (χ3n) is 5.05. The Morgan fingerprint density at radius 1 is 1.28 bits per heavy atom. The van der Waals surface area contributed by atoms with E-state index in [-0.39, 0.29) is 24.8 Å². The predicted octanol–water partition coefficient (Wildman–Crippen LogP) is 5.57. The fraction of sp³-hybridized carbons (Fsp3) is 0.476. The zero-order chi connectivity index (χ0) is 18.8. The van der Waals surface area contributed by atoms with Crippen LogP contribution in [-0.4, -0.2) is 50.1 Å². The van der Waals surface area contributed by atoms with Crippen LogP contribution in [0.1, 0.15) is 36.6 Å². The molecule has 1 saturated heterocycles. The number of hydrogen-bond donors (Lipinski definition) is 1. The van der Waals surface area contributed by atoms with Gasteiger partial charge in [-0.1, -0.05) is 37.7 Å². The molecule has 0 aliphatic carbocycles. The number of aliphatic imine (C=N–C) groups is 1. The summed E-state index contributed by atoms with van der Waals surface area (Å²) in [6.45, 7) is 8.28. The van der Waals surface area contributed by atoms with Crippen LogP contribution >= 0.6 is 47.9 Å². The van der Waals surface area contributed by atoms with Crippen molar-refractivity contribution < 1.29 is 4.74 Å². The lowest BCUT2D eigenvalue weighted by molar-refractivity contribution is 0.168. The molecule has 0 saturated carbocycles. The van der Waals surface area contributed by atoms with E-state index in [4.69, 9.17) is 9.73 Å². The molecule has 1 aromatic carbocycles. The van der Waals surface area contributed by atoms with Crippen molar-refractivity contribution in [1.82, 2.24) is 10.2 Å². The predicted molar refractivity (Wildman–Crippen MR) is 130 cm³/mol. The van der Waals surface area contributed by atoms with Gasteiger partial charge in [-0.15, -0.1) is 36.2 Å². The molecule has 0 amide bonds. The Hall–Kier alpha value is -0.760. The number of hydrogen-bond acceptors (Lipinski definition) is 6. The maximum Gasteiger partial charge on any atom is 0.138 e. The molecule has 2 aliphatic rings. The minimum absolute atomic E-state index is 0. The molecule has 3 heterocycles. The van der Waals surface area contributed by atoms with Crippen molar-refractivity contribution in [3.8, 4) is 0 Å². The van der Waals surface area contributed by atoms with Crippen molar-refractivity contribution in [2.75, 3.05) is 33.4 Å². The van der Waals surface area contributed by atoms with Crippen molar-refractivity contribution >= 4 is 59.4 Å². The van der Waals surface area contributed by atoms with E-state index >= 15 is 0 Å². The van der Waals surface area contributed by atoms with Gasteiger partial charge in [-0.3, -0.25) is 0 Å². The van der Waals surface area contributed by atoms with E-state index in [0.717, 1.165) is 44.2 Å². The fourth-order valence-corrected chi connectivity index (χ4v) is 5.97. The van der Waals surface area contributed by atoms with Crippen LogP contribution in [0.4, 0.5) is 5.69 Å². The first-order chi connectivity index (χ1) is 13.2. The van der Waals surface area contributed by atoms with E-state index in [2.05, 4.69) is 54.4 Å². The number of amidine groups is 1. The highest BCUT2D eigenvalue weighted by Gasteiger charge is 2.28. The molecule has 8 heteroatoms. The first kappa shape index (κ1) is 24.5. The van der Waals surface area contributed by atoms with Gasteiger partial charge in [-0.2, -0.15) is 0 Å². The molecule has 0 unspecified atom stereocenters. The average molecular weight is 475 g/mol. The lowest BCUT2D eigenvalue weighted by Gasteiger charge is -2.35. The lowest BCUT2D eigenvalue weighted by atomic mass is 10.1. The maximum atomic E-state index is 5.29. The number of benzene rings is 1. The Balaban J connectivity index is 0.00000150. The summed E-state index contributed by atoms with van der Waals surface area (Å²) in [5.74, 6) is 1.67. The van der Waals surface area contributed by atoms with Crippen LogP contribution in [0.3, 0.4) is 0 Å². The number of halogens is 2. The second-order valence-electron chi connectivity index (χ2n) is 7.39. The summed E-state index contributed by atoms with van der Waals surface area (Å²) in [5.41, 5.74) is 2.39. The molecule has 1 aromatic heterocycles. The molecule has 29 heavy (non-hydrogen) atoms. The molecular weight excluding hydrogens is 445 g/mol. The smallest absolute Gasteiger partial charge is 0.138 e. The molecule has 0 spiro atoms. The Bertz CT molecular complexity index is 841. The van der Waals surface area contributed by atoms with Crippen molar-refractivity contribution in [3.63, 3.8) is 0 Å². The second kappa shape index (κ2) is 11.0. The number of rotatable bonds is 4. The van der Waals surface area contributed by atoms with Crippen LogP contribution in [-0.2, 0) is 4.74 Å². The largest absolute Gasteiger partial charge is 0.385 e. The van der Waals surface area contributed by atoms with Gasteiger partial charge in [0.25, 0.3) is 0 Å². The molecule has 1 fully saturated rings. The van der Waals surface area contributed by atoms with Gasteiger partial charge in [0, 0.05) is 54.7 Å². The summed E-state index contributed by atoms with van der Waals surface area (Å²) in [7, 11) is 1.77. The SMILES string of the molecule is COCC[C@H]1CN(C2=Nc3ccccc3Sc3sc(C(C)C)cc32)CCN1.Cl.Cl. The quantitative estimate of drug-likeness (QED) is 0.629. The highest BCUT2D eigenvalue weighted by atomic mass is 35.5. The number of piperazine rings is 1. The first-order valence-corrected chi connectivity index (χ1v) is 11.3. The van der Waals surface area contributed by atoms with Gasteiger partial charge in [0.1, 0.15) is 5.84 Å². The van der Waals surface area contributed by atoms with E-state index in [1.807, 2.05) is 23.1 Å². The fourth-order valence-electron chi connectivity index (χ4n) is 3.53. The van der Waals surface area contributed by atoms with E-state index < -0.39 is 0 Å². The molecular formula is C21H29Cl2N3OS2. The molecule has 0 radical (unpaired) electrons. The van der Waals surface area contributed by atoms with Gasteiger partial charge in [-0.25, -0.2) is 4.99 Å². The summed E-state index contributed by atoms with van der Waals surface area (Å²) in [6, 6.07) is 11.3. The van der Waals surface area contributed by atoms with Crippen LogP contribution in [0, 0.1) is 0 Å². The van der Waals surface area contributed by atoms with Crippen molar-refractivity contribution in [1.29, 1.82) is 0 Å². The molecule has 1 N–H and O–H groups in total. The van der Waals surface area contributed by atoms with Crippen molar-refractivity contribution in [3.05, 3.63) is 40.8 Å². The van der Waals surface area contributed by atoms with Crippen LogP contribution in [0.15, 0.2) is 44.4 Å². The second-order valence-corrected chi connectivity index (χ2v) is 9.78. The van der Waals surface area contributed by atoms with Gasteiger partial charge in [0.2, 0.25) is 0 Å². The Kier molecular flexibility index (Phi) is 9.32. The molecule has 2 aromatic rings. The first-order valence-electron chi connectivity index (χ1n) is 9.62. The van der Waals surface area contributed by atoms with Gasteiger partial charge >= 0.3 is 0 Å². The van der Waals surface area contributed by atoms with Gasteiger partial charge < -0.3 is 15.0 Å². The topological polar surface area (TPSA) is 36.9 Å². The zero-order valence-electron chi connectivity index (χ0n) is 17.0. The number of para-hydroxylation sites is 1. The summed E-state index contributed by atoms with van der Waals surface area (Å²) >= 11 is 3.79. The van der Waals surface area contributed by atoms with Crippen molar-refractivity contribution in [2.45, 2.75) is 41.3 Å². The molecule has 0 bridgehead atoms. The number of methoxy groups -OCH3 is 1. The van der Waals surface area contributed by atoms with E-state index in [1.165, 1.54) is 19.5 Å². The molecule has 160 valence electrons. The minimum Gasteiger partial charge on any atom is -0.385 e. The molecule has 1 atom stereocenters. The van der Waals surface area contributed by atoms with Crippen LogP contribution in [0.25, 0.3) is 0 Å². The van der Waals surface area contributed by atoms with E-state index in [9.17, 15) is 0 Å². The van der Waals surface area contributed by atoms with Gasteiger partial charge in [0.15, 0.2) is 0 Å². The standard InChI is InChI=1S/C21H27N3OS2.2ClH/c1-14(2)19-12-16-20(24-10-9-22-15(13-24)8-11-25-3)23-17-6-4-5-7-18(17)26-21(16)27-19;;/h4-7,12,14-15,22H,8-11,13H2,1-3H3;2*1H/t15-;;/m0../s1. The Morgan fingerprint density at radius 3 is 2.83 bits per heavy atom. The Morgan fingerprint density at radius 2 is 2.07 bits per heavy atom. The third kappa shape index (κ3) is 5.49. The number of thiophene rings is 1. The third-order valence-corrected chi connectivity index (χ3v) is 7.75. The number of nitrogens with zero attached hydrogens (tertiary/aromatic N) is 2. The van der Waals surface area contributed by atoms with Gasteiger partial charge in [-0.05, 0) is 30.5 Å².